The van der Waals surface area contributed by atoms with Crippen molar-refractivity contribution in [1.82, 2.24) is 15.1 Å². The summed E-state index contributed by atoms with van der Waals surface area (Å²) in [6.07, 6.45) is 1.44. The van der Waals surface area contributed by atoms with Crippen molar-refractivity contribution in [3.8, 4) is 5.69 Å². The summed E-state index contributed by atoms with van der Waals surface area (Å²) in [5.74, 6) is -0.477. The lowest BCUT2D eigenvalue weighted by Crippen LogP contribution is -2.12. The molecule has 1 aromatic carbocycles. The van der Waals surface area contributed by atoms with Crippen LogP contribution in [0.4, 0.5) is 4.39 Å². The van der Waals surface area contributed by atoms with E-state index in [2.05, 4.69) is 26.3 Å². The first-order valence-corrected chi connectivity index (χ1v) is 5.44. The molecule has 0 aliphatic heterocycles. The number of nitrogens with zero attached hydrogens (tertiary/aromatic N) is 2. The summed E-state index contributed by atoms with van der Waals surface area (Å²) in [7, 11) is 1.49. The molecule has 0 saturated carbocycles. The smallest absolute Gasteiger partial charge is 0.163 e. The predicted octanol–water partition coefficient (Wildman–Crippen LogP) is 2.49. The summed E-state index contributed by atoms with van der Waals surface area (Å²) < 4.78 is 31.2. The minimum Gasteiger partial charge on any atom is -0.314 e. The van der Waals surface area contributed by atoms with Gasteiger partial charge in [0.2, 0.25) is 0 Å². The van der Waals surface area contributed by atoms with Crippen molar-refractivity contribution >= 4 is 15.9 Å². The van der Waals surface area contributed by atoms with Crippen molar-refractivity contribution in [2.45, 2.75) is 6.50 Å². The molecule has 1 aromatic heterocycles. The first-order chi connectivity index (χ1) is 8.47. The molecule has 2 rings (SSSR count). The van der Waals surface area contributed by atoms with Crippen molar-refractivity contribution in [3.05, 3.63) is 46.4 Å². The van der Waals surface area contributed by atoms with Gasteiger partial charge in [-0.05, 0) is 41.2 Å². The molecule has 5 heteroatoms. The lowest BCUT2D eigenvalue weighted by molar-refractivity contribution is 0.597. The number of aromatic nitrogens is 2. The minimum absolute atomic E-state index is 0.198. The molecule has 0 spiro atoms. The lowest BCUT2D eigenvalue weighted by atomic mass is 10.3. The van der Waals surface area contributed by atoms with E-state index in [1.165, 1.54) is 24.0 Å². The highest BCUT2D eigenvalue weighted by atomic mass is 79.9. The van der Waals surface area contributed by atoms with Gasteiger partial charge in [0.15, 0.2) is 5.82 Å². The van der Waals surface area contributed by atoms with E-state index >= 15 is 0 Å². The van der Waals surface area contributed by atoms with E-state index in [1.807, 2.05) is 0 Å². The van der Waals surface area contributed by atoms with Crippen molar-refractivity contribution in [1.29, 1.82) is 0 Å². The van der Waals surface area contributed by atoms with Gasteiger partial charge in [-0.2, -0.15) is 5.10 Å². The molecule has 0 aliphatic carbocycles. The number of hydrogen-bond donors (Lipinski definition) is 1. The van der Waals surface area contributed by atoms with Crippen LogP contribution in [-0.2, 0) is 6.50 Å². The highest BCUT2D eigenvalue weighted by molar-refractivity contribution is 9.10. The minimum atomic E-state index is -1.79. The molecular formula is C11H11BrFN3. The van der Waals surface area contributed by atoms with Gasteiger partial charge in [0, 0.05) is 15.4 Å². The summed E-state index contributed by atoms with van der Waals surface area (Å²) in [4.78, 5) is 0. The van der Waals surface area contributed by atoms with Gasteiger partial charge in [-0.25, -0.2) is 9.07 Å². The zero-order valence-electron chi connectivity index (χ0n) is 10.5. The third-order valence-corrected chi connectivity index (χ3v) is 2.67. The van der Waals surface area contributed by atoms with Crippen LogP contribution in [0.25, 0.3) is 5.69 Å². The number of halogens is 2. The molecular weight excluding hydrogens is 273 g/mol. The molecule has 0 bridgehead atoms. The van der Waals surface area contributed by atoms with E-state index in [4.69, 9.17) is 2.74 Å². The third kappa shape index (κ3) is 2.01. The molecule has 84 valence electrons. The molecule has 0 atom stereocenters. The maximum absolute atomic E-state index is 14.0. The fourth-order valence-corrected chi connectivity index (χ4v) is 1.73. The molecule has 0 saturated heterocycles. The van der Waals surface area contributed by atoms with Crippen molar-refractivity contribution < 1.29 is 7.13 Å². The van der Waals surface area contributed by atoms with Gasteiger partial charge in [0.25, 0.3) is 0 Å². The fraction of sp³-hybridized carbons (Fsp3) is 0.182. The van der Waals surface area contributed by atoms with Gasteiger partial charge in [0.1, 0.15) is 5.69 Å². The third-order valence-electron chi connectivity index (χ3n) is 2.06. The number of rotatable bonds is 3. The second-order valence-electron chi connectivity index (χ2n) is 3.08. The van der Waals surface area contributed by atoms with E-state index in [0.29, 0.717) is 4.47 Å². The molecule has 2 aromatic rings. The maximum atomic E-state index is 14.0. The molecule has 16 heavy (non-hydrogen) atoms. The number of nitrogens with one attached hydrogen (secondary N) is 1. The van der Waals surface area contributed by atoms with E-state index in [-0.39, 0.29) is 11.4 Å². The van der Waals surface area contributed by atoms with E-state index < -0.39 is 12.3 Å². The largest absolute Gasteiger partial charge is 0.314 e. The Morgan fingerprint density at radius 3 is 3.12 bits per heavy atom. The lowest BCUT2D eigenvalue weighted by Gasteiger charge is -2.08. The van der Waals surface area contributed by atoms with Gasteiger partial charge < -0.3 is 5.32 Å². The molecule has 0 amide bonds. The Kier molecular flexibility index (Phi) is 2.65. The average Bonchev–Trinajstić information content (AvgIpc) is 2.82. The Labute approximate surface area is 104 Å². The standard InChI is InChI=1S/C11H11BrFN3/c1-14-7-8-5-6-15-16(8)10-4-2-3-9(12)11(10)13/h2-6,14H,7H2,1H3/i7D2. The molecule has 1 heterocycles. The molecule has 0 aliphatic rings. The van der Waals surface area contributed by atoms with Crippen LogP contribution < -0.4 is 5.32 Å². The monoisotopic (exact) mass is 285 g/mol. The zero-order valence-corrected chi connectivity index (χ0v) is 10.1. The van der Waals surface area contributed by atoms with Crippen LogP contribution in [0.3, 0.4) is 0 Å². The van der Waals surface area contributed by atoms with Crippen molar-refractivity contribution in [2.24, 2.45) is 0 Å². The second kappa shape index (κ2) is 4.76. The van der Waals surface area contributed by atoms with Gasteiger partial charge in [-0.3, -0.25) is 0 Å². The van der Waals surface area contributed by atoms with Crippen LogP contribution in [0.1, 0.15) is 8.44 Å². The van der Waals surface area contributed by atoms with Crippen LogP contribution in [0.15, 0.2) is 34.9 Å². The Bertz CT molecular complexity index is 571. The normalized spacial score (nSPS) is 13.4. The summed E-state index contributed by atoms with van der Waals surface area (Å²) in [6.45, 7) is -1.79. The molecule has 0 radical (unpaired) electrons. The van der Waals surface area contributed by atoms with Crippen LogP contribution in [0.5, 0.6) is 0 Å². The van der Waals surface area contributed by atoms with Gasteiger partial charge in [-0.15, -0.1) is 0 Å². The first kappa shape index (κ1) is 8.90. The molecule has 3 nitrogen and oxygen atoms in total. The summed E-state index contributed by atoms with van der Waals surface area (Å²) in [5.41, 5.74) is 0.436. The predicted molar refractivity (Wildman–Crippen MR) is 64.0 cm³/mol. The molecule has 0 fully saturated rings. The van der Waals surface area contributed by atoms with Gasteiger partial charge in [0.05, 0.1) is 10.2 Å². The van der Waals surface area contributed by atoms with Crippen molar-refractivity contribution in [2.75, 3.05) is 7.05 Å². The highest BCUT2D eigenvalue weighted by Crippen LogP contribution is 2.22. The Morgan fingerprint density at radius 2 is 2.38 bits per heavy atom. The van der Waals surface area contributed by atoms with Gasteiger partial charge >= 0.3 is 0 Å². The summed E-state index contributed by atoms with van der Waals surface area (Å²) >= 11 is 3.10. The summed E-state index contributed by atoms with van der Waals surface area (Å²) in [5, 5.41) is 6.50. The SMILES string of the molecule is [2H]C([2H])(NC)c1ccnn1-c1cccc(Br)c1F. The maximum Gasteiger partial charge on any atom is 0.163 e. The first-order valence-electron chi connectivity index (χ1n) is 5.65. The van der Waals surface area contributed by atoms with Crippen LogP contribution in [0.2, 0.25) is 0 Å². The Balaban J connectivity index is 2.60. The average molecular weight is 286 g/mol. The van der Waals surface area contributed by atoms with Crippen LogP contribution in [0, 0.1) is 5.82 Å². The molecule has 0 unspecified atom stereocenters. The zero-order chi connectivity index (χ0) is 13.3. The van der Waals surface area contributed by atoms with E-state index in [9.17, 15) is 4.39 Å². The van der Waals surface area contributed by atoms with Crippen LogP contribution in [-0.4, -0.2) is 16.8 Å². The quantitative estimate of drug-likeness (QED) is 0.939. The Morgan fingerprint density at radius 1 is 1.56 bits per heavy atom. The van der Waals surface area contributed by atoms with E-state index in [1.54, 1.807) is 18.2 Å². The number of benzene rings is 1. The number of hydrogen-bond acceptors (Lipinski definition) is 2. The van der Waals surface area contributed by atoms with Gasteiger partial charge in [-0.1, -0.05) is 6.07 Å². The van der Waals surface area contributed by atoms with Crippen molar-refractivity contribution in [3.63, 3.8) is 0 Å². The van der Waals surface area contributed by atoms with Crippen LogP contribution >= 0.6 is 15.9 Å². The Hall–Kier alpha value is -1.20. The molecule has 1 N–H and O–H groups in total. The topological polar surface area (TPSA) is 29.9 Å². The highest BCUT2D eigenvalue weighted by Gasteiger charge is 2.11. The summed E-state index contributed by atoms with van der Waals surface area (Å²) in [6, 6.07) is 6.30. The second-order valence-corrected chi connectivity index (χ2v) is 3.93. The fourth-order valence-electron chi connectivity index (χ4n) is 1.37. The van der Waals surface area contributed by atoms with E-state index in [0.717, 1.165) is 0 Å².